The molecule has 0 saturated heterocycles. The number of hydrogen-bond donors (Lipinski definition) is 1. The highest BCUT2D eigenvalue weighted by molar-refractivity contribution is 5.07. The molecular weight excluding hydrogens is 146 g/mol. The molecule has 72 valence electrons. The smallest absolute Gasteiger partial charge is 0.0210 e. The van der Waals surface area contributed by atoms with Gasteiger partial charge in [0.05, 0.1) is 0 Å². The fraction of sp³-hybridized carbons (Fsp3) is 1.00. The maximum absolute atomic E-state index is 3.77. The molecule has 1 rings (SSSR count). The van der Waals surface area contributed by atoms with Gasteiger partial charge in [0.2, 0.25) is 0 Å². The maximum atomic E-state index is 3.77. The van der Waals surface area contributed by atoms with E-state index in [9.17, 15) is 0 Å². The summed E-state index contributed by atoms with van der Waals surface area (Å²) in [7, 11) is 0. The van der Waals surface area contributed by atoms with Gasteiger partial charge in [-0.25, -0.2) is 0 Å². The highest BCUT2D eigenvalue weighted by atomic mass is 15.1. The van der Waals surface area contributed by atoms with E-state index in [-0.39, 0.29) is 0 Å². The van der Waals surface area contributed by atoms with Crippen molar-refractivity contribution >= 4 is 0 Å². The maximum Gasteiger partial charge on any atom is 0.0210 e. The molecule has 0 aromatic heterocycles. The minimum Gasteiger partial charge on any atom is -0.309 e. The Hall–Kier alpha value is -0.0400. The third-order valence-corrected chi connectivity index (χ3v) is 3.34. The normalized spacial score (nSPS) is 36.5. The Kier molecular flexibility index (Phi) is 3.16. The Morgan fingerprint density at radius 3 is 2.42 bits per heavy atom. The first-order valence-corrected chi connectivity index (χ1v) is 5.42. The molecule has 0 radical (unpaired) electrons. The van der Waals surface area contributed by atoms with E-state index in [2.05, 4.69) is 33.0 Å². The van der Waals surface area contributed by atoms with Crippen LogP contribution in [-0.4, -0.2) is 11.6 Å². The molecule has 12 heavy (non-hydrogen) atoms. The van der Waals surface area contributed by atoms with Crippen LogP contribution in [-0.2, 0) is 0 Å². The topological polar surface area (TPSA) is 12.0 Å². The first-order valence-electron chi connectivity index (χ1n) is 5.42. The number of hydrogen-bond acceptors (Lipinski definition) is 1. The molecule has 1 N–H and O–H groups in total. The van der Waals surface area contributed by atoms with Crippen LogP contribution in [0.2, 0.25) is 0 Å². The second kappa shape index (κ2) is 3.78. The molecule has 1 heteroatoms. The van der Waals surface area contributed by atoms with E-state index in [4.69, 9.17) is 0 Å². The summed E-state index contributed by atoms with van der Waals surface area (Å²) in [5.74, 6) is 0.904. The van der Waals surface area contributed by atoms with E-state index >= 15 is 0 Å². The predicted octanol–water partition coefficient (Wildman–Crippen LogP) is 2.95. The predicted molar refractivity (Wildman–Crippen MR) is 54.3 cm³/mol. The van der Waals surface area contributed by atoms with Crippen molar-refractivity contribution in [2.45, 2.75) is 65.0 Å². The lowest BCUT2D eigenvalue weighted by atomic mass is 10.1. The van der Waals surface area contributed by atoms with Crippen LogP contribution >= 0.6 is 0 Å². The minimum absolute atomic E-state index is 0.522. The van der Waals surface area contributed by atoms with Gasteiger partial charge in [0.15, 0.2) is 0 Å². The zero-order valence-corrected chi connectivity index (χ0v) is 8.98. The summed E-state index contributed by atoms with van der Waals surface area (Å²) >= 11 is 0. The van der Waals surface area contributed by atoms with Crippen LogP contribution < -0.4 is 5.32 Å². The lowest BCUT2D eigenvalue weighted by Crippen LogP contribution is -2.39. The minimum atomic E-state index is 0.522. The van der Waals surface area contributed by atoms with Crippen molar-refractivity contribution in [1.82, 2.24) is 5.32 Å². The van der Waals surface area contributed by atoms with Gasteiger partial charge in [-0.3, -0.25) is 0 Å². The zero-order valence-electron chi connectivity index (χ0n) is 8.98. The lowest BCUT2D eigenvalue weighted by molar-refractivity contribution is 0.380. The summed E-state index contributed by atoms with van der Waals surface area (Å²) < 4.78 is 0. The summed E-state index contributed by atoms with van der Waals surface area (Å²) in [6.07, 6.45) is 5.29. The molecular formula is C11H23N. The summed E-state index contributed by atoms with van der Waals surface area (Å²) in [4.78, 5) is 0. The van der Waals surface area contributed by atoms with Gasteiger partial charge in [0.1, 0.15) is 0 Å². The first-order chi connectivity index (χ1) is 5.64. The Balaban J connectivity index is 2.29. The number of rotatable bonds is 5. The molecule has 0 amide bonds. The molecule has 0 heterocycles. The molecule has 1 aliphatic rings. The average Bonchev–Trinajstić information content (AvgIpc) is 2.63. The van der Waals surface area contributed by atoms with E-state index < -0.39 is 0 Å². The van der Waals surface area contributed by atoms with E-state index in [1.54, 1.807) is 0 Å². The van der Waals surface area contributed by atoms with Crippen LogP contribution in [0.15, 0.2) is 0 Å². The van der Waals surface area contributed by atoms with Gasteiger partial charge in [-0.2, -0.15) is 0 Å². The van der Waals surface area contributed by atoms with Crippen molar-refractivity contribution in [3.05, 3.63) is 0 Å². The fourth-order valence-corrected chi connectivity index (χ4v) is 2.28. The van der Waals surface area contributed by atoms with Crippen LogP contribution in [0.4, 0.5) is 0 Å². The second-order valence-corrected chi connectivity index (χ2v) is 4.45. The molecule has 0 spiro atoms. The molecule has 3 atom stereocenters. The van der Waals surface area contributed by atoms with Gasteiger partial charge in [-0.05, 0) is 32.1 Å². The Labute approximate surface area is 76.9 Å². The van der Waals surface area contributed by atoms with Crippen molar-refractivity contribution in [3.8, 4) is 0 Å². The third kappa shape index (κ3) is 2.01. The van der Waals surface area contributed by atoms with E-state index in [1.807, 2.05) is 0 Å². The highest BCUT2D eigenvalue weighted by Crippen LogP contribution is 2.45. The van der Waals surface area contributed by atoms with Gasteiger partial charge in [0.25, 0.3) is 0 Å². The van der Waals surface area contributed by atoms with Gasteiger partial charge in [0, 0.05) is 11.6 Å². The largest absolute Gasteiger partial charge is 0.309 e. The summed E-state index contributed by atoms with van der Waals surface area (Å²) in [6.45, 7) is 9.23. The zero-order chi connectivity index (χ0) is 9.19. The van der Waals surface area contributed by atoms with Crippen LogP contribution in [0.3, 0.4) is 0 Å². The van der Waals surface area contributed by atoms with Crippen molar-refractivity contribution in [3.63, 3.8) is 0 Å². The van der Waals surface area contributed by atoms with E-state index in [0.717, 1.165) is 5.92 Å². The van der Waals surface area contributed by atoms with E-state index in [1.165, 1.54) is 25.7 Å². The summed E-state index contributed by atoms with van der Waals surface area (Å²) in [5.41, 5.74) is 0.522. The molecule has 1 aliphatic carbocycles. The van der Waals surface area contributed by atoms with Crippen LogP contribution in [0.25, 0.3) is 0 Å². The molecule has 0 bridgehead atoms. The second-order valence-electron chi connectivity index (χ2n) is 4.45. The van der Waals surface area contributed by atoms with Gasteiger partial charge < -0.3 is 5.32 Å². The van der Waals surface area contributed by atoms with Crippen molar-refractivity contribution in [2.75, 3.05) is 0 Å². The molecule has 1 fully saturated rings. The van der Waals surface area contributed by atoms with Crippen molar-refractivity contribution < 1.29 is 0 Å². The number of nitrogens with one attached hydrogen (secondary N) is 1. The van der Waals surface area contributed by atoms with Crippen molar-refractivity contribution in [2.24, 2.45) is 5.92 Å². The van der Waals surface area contributed by atoms with Crippen LogP contribution in [0, 0.1) is 5.92 Å². The molecule has 1 nitrogen and oxygen atoms in total. The van der Waals surface area contributed by atoms with Gasteiger partial charge in [-0.15, -0.1) is 0 Å². The highest BCUT2D eigenvalue weighted by Gasteiger charge is 2.49. The quantitative estimate of drug-likeness (QED) is 0.667. The SMILES string of the molecule is CCC[C@H](C)NC1(CC)C[C@@H]1C. The Morgan fingerprint density at radius 2 is 2.08 bits per heavy atom. The average molecular weight is 169 g/mol. The Morgan fingerprint density at radius 1 is 1.50 bits per heavy atom. The summed E-state index contributed by atoms with van der Waals surface area (Å²) in [6, 6.07) is 0.708. The van der Waals surface area contributed by atoms with Crippen molar-refractivity contribution in [1.29, 1.82) is 0 Å². The van der Waals surface area contributed by atoms with Gasteiger partial charge >= 0.3 is 0 Å². The van der Waals surface area contributed by atoms with Gasteiger partial charge in [-0.1, -0.05) is 27.2 Å². The van der Waals surface area contributed by atoms with E-state index in [0.29, 0.717) is 11.6 Å². The molecule has 1 saturated carbocycles. The molecule has 1 unspecified atom stereocenters. The molecule has 0 aromatic rings. The van der Waals surface area contributed by atoms with Crippen LogP contribution in [0.1, 0.15) is 53.4 Å². The summed E-state index contributed by atoms with van der Waals surface area (Å²) in [5, 5.41) is 3.77. The standard InChI is InChI=1S/C11H23N/c1-5-7-10(4)12-11(6-2)8-9(11)3/h9-10,12H,5-8H2,1-4H3/t9-,10-,11?/m0/s1. The molecule has 0 aliphatic heterocycles. The monoisotopic (exact) mass is 169 g/mol. The molecule has 0 aromatic carbocycles. The fourth-order valence-electron chi connectivity index (χ4n) is 2.28. The Bertz CT molecular complexity index is 140. The third-order valence-electron chi connectivity index (χ3n) is 3.34. The lowest BCUT2D eigenvalue weighted by Gasteiger charge is -2.22. The van der Waals surface area contributed by atoms with Crippen LogP contribution in [0.5, 0.6) is 0 Å². The first kappa shape index (κ1) is 10.0.